The van der Waals surface area contributed by atoms with Gasteiger partial charge in [0.1, 0.15) is 0 Å². The van der Waals surface area contributed by atoms with Crippen molar-refractivity contribution in [2.75, 3.05) is 27.2 Å². The molecule has 1 atom stereocenters. The molecule has 0 radical (unpaired) electrons. The first-order chi connectivity index (χ1) is 14.5. The Morgan fingerprint density at radius 1 is 1.03 bits per heavy atom. The minimum atomic E-state index is 0.0322. The molecule has 2 heterocycles. The van der Waals surface area contributed by atoms with E-state index in [2.05, 4.69) is 40.8 Å². The third kappa shape index (κ3) is 4.13. The van der Waals surface area contributed by atoms with Crippen LogP contribution in [-0.4, -0.2) is 58.7 Å². The Morgan fingerprint density at radius 2 is 1.73 bits per heavy atom. The third-order valence-corrected chi connectivity index (χ3v) is 5.61. The van der Waals surface area contributed by atoms with Gasteiger partial charge in [-0.25, -0.2) is 4.98 Å². The maximum Gasteiger partial charge on any atom is 0.230 e. The van der Waals surface area contributed by atoms with Crippen molar-refractivity contribution in [3.05, 3.63) is 83.2 Å². The van der Waals surface area contributed by atoms with Gasteiger partial charge in [-0.3, -0.25) is 4.79 Å². The van der Waals surface area contributed by atoms with Crippen molar-refractivity contribution < 1.29 is 4.79 Å². The summed E-state index contributed by atoms with van der Waals surface area (Å²) in [6, 6.07) is 17.2. The molecule has 1 fully saturated rings. The van der Waals surface area contributed by atoms with E-state index in [0.717, 1.165) is 36.7 Å². The average Bonchev–Trinajstić information content (AvgIpc) is 3.25. The van der Waals surface area contributed by atoms with Crippen LogP contribution in [0.4, 0.5) is 5.95 Å². The molecule has 3 aromatic rings. The van der Waals surface area contributed by atoms with E-state index < -0.39 is 0 Å². The Labute approximate surface area is 177 Å². The van der Waals surface area contributed by atoms with E-state index in [1.165, 1.54) is 0 Å². The summed E-state index contributed by atoms with van der Waals surface area (Å²) in [7, 11) is 4.10. The number of carbonyl (C=O) groups excluding carboxylic acids is 1. The predicted octanol–water partition coefficient (Wildman–Crippen LogP) is 4.05. The SMILES string of the molecule is CC(c1cccc(C(=O)c2ccccc2)c1)c1cnc(N=C2N(C)CCCN2C)[nH]1. The summed E-state index contributed by atoms with van der Waals surface area (Å²) >= 11 is 0. The van der Waals surface area contributed by atoms with E-state index in [9.17, 15) is 4.79 Å². The molecule has 6 heteroatoms. The second-order valence-corrected chi connectivity index (χ2v) is 7.81. The quantitative estimate of drug-likeness (QED) is 0.655. The summed E-state index contributed by atoms with van der Waals surface area (Å²) in [4.78, 5) is 29.6. The molecule has 0 bridgehead atoms. The molecule has 0 amide bonds. The molecule has 1 N–H and O–H groups in total. The first kappa shape index (κ1) is 19.9. The van der Waals surface area contributed by atoms with Crippen molar-refractivity contribution in [2.24, 2.45) is 4.99 Å². The van der Waals surface area contributed by atoms with Crippen molar-refractivity contribution >= 4 is 17.7 Å². The maximum atomic E-state index is 12.8. The van der Waals surface area contributed by atoms with Crippen molar-refractivity contribution in [3.63, 3.8) is 0 Å². The molecule has 0 aliphatic carbocycles. The lowest BCUT2D eigenvalue weighted by Gasteiger charge is -2.34. The largest absolute Gasteiger partial charge is 0.345 e. The minimum Gasteiger partial charge on any atom is -0.345 e. The molecular weight excluding hydrogens is 374 g/mol. The van der Waals surface area contributed by atoms with Crippen LogP contribution < -0.4 is 0 Å². The van der Waals surface area contributed by atoms with Gasteiger partial charge in [-0.15, -0.1) is 0 Å². The van der Waals surface area contributed by atoms with Gasteiger partial charge in [0.25, 0.3) is 0 Å². The lowest BCUT2D eigenvalue weighted by molar-refractivity contribution is 0.103. The van der Waals surface area contributed by atoms with Gasteiger partial charge in [0.2, 0.25) is 11.9 Å². The number of nitrogens with one attached hydrogen (secondary N) is 1. The lowest BCUT2D eigenvalue weighted by Crippen LogP contribution is -2.46. The van der Waals surface area contributed by atoms with Crippen LogP contribution in [0.15, 0.2) is 65.8 Å². The number of aliphatic imine (C=N–C) groups is 1. The molecule has 1 aliphatic heterocycles. The molecule has 154 valence electrons. The molecule has 2 aromatic carbocycles. The maximum absolute atomic E-state index is 12.8. The minimum absolute atomic E-state index is 0.0322. The first-order valence-electron chi connectivity index (χ1n) is 10.3. The van der Waals surface area contributed by atoms with Gasteiger partial charge >= 0.3 is 0 Å². The van der Waals surface area contributed by atoms with Crippen molar-refractivity contribution in [3.8, 4) is 0 Å². The van der Waals surface area contributed by atoms with Gasteiger partial charge in [0.05, 0.1) is 6.20 Å². The predicted molar refractivity (Wildman–Crippen MR) is 119 cm³/mol. The van der Waals surface area contributed by atoms with Gasteiger partial charge in [-0.2, -0.15) is 4.99 Å². The Balaban J connectivity index is 1.56. The molecule has 1 aliphatic rings. The first-order valence-corrected chi connectivity index (χ1v) is 10.3. The number of imidazole rings is 1. The Bertz CT molecular complexity index is 1040. The van der Waals surface area contributed by atoms with E-state index >= 15 is 0 Å². The number of guanidine groups is 1. The van der Waals surface area contributed by atoms with Gasteiger partial charge in [0.15, 0.2) is 5.78 Å². The number of hydrogen-bond acceptors (Lipinski definition) is 3. The fourth-order valence-electron chi connectivity index (χ4n) is 3.79. The fourth-order valence-corrected chi connectivity index (χ4v) is 3.79. The van der Waals surface area contributed by atoms with Crippen molar-refractivity contribution in [2.45, 2.75) is 19.3 Å². The molecular formula is C24H27N5O. The van der Waals surface area contributed by atoms with Gasteiger partial charge in [0, 0.05) is 49.9 Å². The Kier molecular flexibility index (Phi) is 5.65. The van der Waals surface area contributed by atoms with Crippen LogP contribution in [0, 0.1) is 0 Å². The zero-order chi connectivity index (χ0) is 21.1. The summed E-state index contributed by atoms with van der Waals surface area (Å²) in [6.07, 6.45) is 2.96. The lowest BCUT2D eigenvalue weighted by atomic mass is 9.94. The van der Waals surface area contributed by atoms with Crippen LogP contribution in [0.25, 0.3) is 0 Å². The number of carbonyl (C=O) groups is 1. The highest BCUT2D eigenvalue weighted by atomic mass is 16.1. The normalized spacial score (nSPS) is 15.2. The third-order valence-electron chi connectivity index (χ3n) is 5.61. The summed E-state index contributed by atoms with van der Waals surface area (Å²) < 4.78 is 0. The highest BCUT2D eigenvalue weighted by Gasteiger charge is 2.19. The molecule has 1 unspecified atom stereocenters. The number of H-pyrrole nitrogens is 1. The number of ketones is 1. The van der Waals surface area contributed by atoms with Gasteiger partial charge in [-0.1, -0.05) is 55.5 Å². The van der Waals surface area contributed by atoms with Crippen molar-refractivity contribution in [1.82, 2.24) is 19.8 Å². The number of aromatic amines is 1. The standard InChI is InChI=1S/C24H27N5O/c1-17(19-11-7-12-20(15-19)22(30)18-9-5-4-6-10-18)21-16-25-23(26-21)27-24-28(2)13-8-14-29(24)3/h4-7,9-12,15-17H,8,13-14H2,1-3H3,(H,25,26). The number of rotatable bonds is 5. The number of aromatic nitrogens is 2. The fraction of sp³-hybridized carbons (Fsp3) is 0.292. The van der Waals surface area contributed by atoms with Crippen LogP contribution >= 0.6 is 0 Å². The number of nitrogens with zero attached hydrogens (tertiary/aromatic N) is 4. The number of hydrogen-bond donors (Lipinski definition) is 1. The van der Waals surface area contributed by atoms with E-state index in [0.29, 0.717) is 17.1 Å². The Hall–Kier alpha value is -3.41. The summed E-state index contributed by atoms with van der Waals surface area (Å²) in [5, 5.41) is 0. The molecule has 0 spiro atoms. The van der Waals surface area contributed by atoms with Gasteiger partial charge in [-0.05, 0) is 18.1 Å². The highest BCUT2D eigenvalue weighted by molar-refractivity contribution is 6.09. The van der Waals surface area contributed by atoms with Crippen LogP contribution in [0.5, 0.6) is 0 Å². The van der Waals surface area contributed by atoms with Crippen LogP contribution in [0.3, 0.4) is 0 Å². The molecule has 1 saturated heterocycles. The Morgan fingerprint density at radius 3 is 2.47 bits per heavy atom. The molecule has 6 nitrogen and oxygen atoms in total. The zero-order valence-electron chi connectivity index (χ0n) is 17.7. The second-order valence-electron chi connectivity index (χ2n) is 7.81. The monoisotopic (exact) mass is 401 g/mol. The summed E-state index contributed by atoms with van der Waals surface area (Å²) in [5.41, 5.74) is 3.42. The van der Waals surface area contributed by atoms with Crippen molar-refractivity contribution in [1.29, 1.82) is 0 Å². The number of benzene rings is 2. The summed E-state index contributed by atoms with van der Waals surface area (Å²) in [5.74, 6) is 1.62. The van der Waals surface area contributed by atoms with Crippen LogP contribution in [0.2, 0.25) is 0 Å². The van der Waals surface area contributed by atoms with Crippen LogP contribution in [-0.2, 0) is 0 Å². The zero-order valence-corrected chi connectivity index (χ0v) is 17.7. The topological polar surface area (TPSA) is 64.6 Å². The van der Waals surface area contributed by atoms with E-state index in [4.69, 9.17) is 4.99 Å². The molecule has 1 aromatic heterocycles. The van der Waals surface area contributed by atoms with E-state index in [1.807, 2.05) is 60.8 Å². The van der Waals surface area contributed by atoms with E-state index in [-0.39, 0.29) is 11.7 Å². The second kappa shape index (κ2) is 8.53. The average molecular weight is 402 g/mol. The van der Waals surface area contributed by atoms with E-state index in [1.54, 1.807) is 0 Å². The molecule has 30 heavy (non-hydrogen) atoms. The molecule has 0 saturated carbocycles. The summed E-state index contributed by atoms with van der Waals surface area (Å²) in [6.45, 7) is 4.10. The smallest absolute Gasteiger partial charge is 0.230 e. The molecule has 4 rings (SSSR count). The van der Waals surface area contributed by atoms with Crippen LogP contribution in [0.1, 0.15) is 46.4 Å². The van der Waals surface area contributed by atoms with Gasteiger partial charge < -0.3 is 14.8 Å². The highest BCUT2D eigenvalue weighted by Crippen LogP contribution is 2.26.